The topological polar surface area (TPSA) is 62.6 Å². The first-order valence-electron chi connectivity index (χ1n) is 9.41. The van der Waals surface area contributed by atoms with Gasteiger partial charge < -0.3 is 15.5 Å². The molecule has 7 heteroatoms. The van der Waals surface area contributed by atoms with Gasteiger partial charge in [0, 0.05) is 16.9 Å². The average molecular weight is 410 g/mol. The van der Waals surface area contributed by atoms with Crippen molar-refractivity contribution in [3.63, 3.8) is 0 Å². The molecule has 0 saturated carbocycles. The number of benzene rings is 3. The first-order valence-corrected chi connectivity index (χ1v) is 9.41. The minimum absolute atomic E-state index is 0.00771. The maximum absolute atomic E-state index is 13.1. The monoisotopic (exact) mass is 410 g/mol. The summed E-state index contributed by atoms with van der Waals surface area (Å²) in [5.74, 6) is -1.42. The minimum atomic E-state index is -0.671. The number of quaternary nitrogens is 1. The summed E-state index contributed by atoms with van der Waals surface area (Å²) in [6.45, 7) is 0.00771. The van der Waals surface area contributed by atoms with E-state index in [9.17, 15) is 18.4 Å². The molecule has 0 aliphatic rings. The molecule has 2 amide bonds. The molecule has 3 aromatic carbocycles. The predicted octanol–water partition coefficient (Wildman–Crippen LogP) is 2.80. The third-order valence-electron chi connectivity index (χ3n) is 4.57. The Morgan fingerprint density at radius 3 is 1.83 bits per heavy atom. The van der Waals surface area contributed by atoms with Crippen molar-refractivity contribution in [1.82, 2.24) is 0 Å². The lowest BCUT2D eigenvalue weighted by molar-refractivity contribution is -0.893. The summed E-state index contributed by atoms with van der Waals surface area (Å²) in [7, 11) is 1.74. The molecule has 30 heavy (non-hydrogen) atoms. The van der Waals surface area contributed by atoms with Crippen molar-refractivity contribution >= 4 is 23.2 Å². The molecule has 3 rings (SSSR count). The van der Waals surface area contributed by atoms with Gasteiger partial charge in [-0.05, 0) is 48.5 Å². The number of anilines is 2. The van der Waals surface area contributed by atoms with Crippen molar-refractivity contribution in [2.75, 3.05) is 24.2 Å². The van der Waals surface area contributed by atoms with Gasteiger partial charge in [-0.25, -0.2) is 8.78 Å². The molecule has 0 saturated heterocycles. The first-order chi connectivity index (χ1) is 14.4. The smallest absolute Gasteiger partial charge is 0.287 e. The fourth-order valence-electron chi connectivity index (χ4n) is 3.15. The fraction of sp³-hybridized carbons (Fsp3) is 0.130. The van der Waals surface area contributed by atoms with Crippen LogP contribution in [0.25, 0.3) is 0 Å². The number of likely N-dealkylation sites (N-methyl/N-ethyl adjacent to an activating group) is 1. The summed E-state index contributed by atoms with van der Waals surface area (Å²) in [5, 5.41) is 5.48. The summed E-state index contributed by atoms with van der Waals surface area (Å²) < 4.78 is 26.2. The van der Waals surface area contributed by atoms with Gasteiger partial charge in [-0.2, -0.15) is 0 Å². The van der Waals surface area contributed by atoms with E-state index in [4.69, 9.17) is 0 Å². The third-order valence-corrected chi connectivity index (χ3v) is 4.57. The summed E-state index contributed by atoms with van der Waals surface area (Å²) in [4.78, 5) is 26.1. The van der Waals surface area contributed by atoms with Crippen LogP contribution >= 0.6 is 0 Å². The van der Waals surface area contributed by atoms with Crippen LogP contribution in [0.15, 0.2) is 78.9 Å². The Labute approximate surface area is 173 Å². The molecule has 0 aromatic heterocycles. The van der Waals surface area contributed by atoms with Gasteiger partial charge in [-0.15, -0.1) is 0 Å². The highest BCUT2D eigenvalue weighted by atomic mass is 19.1. The Balaban J connectivity index is 1.74. The molecule has 3 N–H and O–H groups in total. The van der Waals surface area contributed by atoms with E-state index < -0.39 is 17.7 Å². The van der Waals surface area contributed by atoms with Crippen LogP contribution in [0.3, 0.4) is 0 Å². The zero-order valence-corrected chi connectivity index (χ0v) is 16.4. The molecular formula is C23H22F2N3O2+. The molecule has 154 valence electrons. The Bertz CT molecular complexity index is 993. The standard InChI is InChI=1S/C23H21F2N3O2/c1-28(15-21(29)26-19-11-7-17(24)8-12-19)22(16-5-3-2-4-6-16)23(30)27-20-13-9-18(25)10-14-20/h2-14,22H,15H2,1H3,(H,26,29)(H,27,30)/p+1/t22-/m1/s1. The van der Waals surface area contributed by atoms with Crippen molar-refractivity contribution in [3.05, 3.63) is 96.1 Å². The lowest BCUT2D eigenvalue weighted by atomic mass is 10.0. The molecule has 0 fully saturated rings. The highest BCUT2D eigenvalue weighted by molar-refractivity contribution is 5.95. The zero-order chi connectivity index (χ0) is 21.5. The molecule has 0 spiro atoms. The largest absolute Gasteiger partial charge is 0.321 e. The van der Waals surface area contributed by atoms with E-state index in [0.717, 1.165) is 5.56 Å². The Morgan fingerprint density at radius 2 is 1.30 bits per heavy atom. The van der Waals surface area contributed by atoms with E-state index in [1.165, 1.54) is 48.5 Å². The van der Waals surface area contributed by atoms with Crippen molar-refractivity contribution in [3.8, 4) is 0 Å². The number of nitrogens with one attached hydrogen (secondary N) is 3. The zero-order valence-electron chi connectivity index (χ0n) is 16.4. The van der Waals surface area contributed by atoms with Gasteiger partial charge >= 0.3 is 0 Å². The molecule has 0 aliphatic carbocycles. The van der Waals surface area contributed by atoms with E-state index in [1.807, 2.05) is 30.3 Å². The van der Waals surface area contributed by atoms with Gasteiger partial charge in [-0.3, -0.25) is 9.59 Å². The second-order valence-corrected chi connectivity index (χ2v) is 6.92. The van der Waals surface area contributed by atoms with Gasteiger partial charge in [0.25, 0.3) is 11.8 Å². The molecule has 3 aromatic rings. The van der Waals surface area contributed by atoms with E-state index in [2.05, 4.69) is 10.6 Å². The van der Waals surface area contributed by atoms with E-state index >= 15 is 0 Å². The van der Waals surface area contributed by atoms with Crippen molar-refractivity contribution < 1.29 is 23.3 Å². The van der Waals surface area contributed by atoms with Gasteiger partial charge in [-0.1, -0.05) is 30.3 Å². The maximum Gasteiger partial charge on any atom is 0.287 e. The van der Waals surface area contributed by atoms with E-state index in [1.54, 1.807) is 7.05 Å². The maximum atomic E-state index is 13.1. The second-order valence-electron chi connectivity index (χ2n) is 6.92. The fourth-order valence-corrected chi connectivity index (χ4v) is 3.15. The SMILES string of the molecule is C[NH+](CC(=O)Nc1ccc(F)cc1)[C@@H](C(=O)Nc1ccc(F)cc1)c1ccccc1. The molecule has 0 heterocycles. The van der Waals surface area contributed by atoms with Crippen LogP contribution in [0.4, 0.5) is 20.2 Å². The highest BCUT2D eigenvalue weighted by Gasteiger charge is 2.30. The summed E-state index contributed by atoms with van der Waals surface area (Å²) in [6.07, 6.45) is 0. The van der Waals surface area contributed by atoms with Crippen molar-refractivity contribution in [1.29, 1.82) is 0 Å². The molecule has 1 unspecified atom stereocenters. The molecular weight excluding hydrogens is 388 g/mol. The van der Waals surface area contributed by atoms with E-state index in [-0.39, 0.29) is 18.4 Å². The van der Waals surface area contributed by atoms with Crippen LogP contribution in [-0.4, -0.2) is 25.4 Å². The normalized spacial score (nSPS) is 12.6. The van der Waals surface area contributed by atoms with Gasteiger partial charge in [0.1, 0.15) is 11.6 Å². The van der Waals surface area contributed by atoms with Crippen LogP contribution in [0, 0.1) is 11.6 Å². The number of amides is 2. The summed E-state index contributed by atoms with van der Waals surface area (Å²) in [6, 6.07) is 19.4. The number of rotatable bonds is 7. The lowest BCUT2D eigenvalue weighted by Crippen LogP contribution is -3.11. The number of carbonyl (C=O) groups is 2. The lowest BCUT2D eigenvalue weighted by Gasteiger charge is -2.24. The Hall–Kier alpha value is -3.58. The molecule has 0 bridgehead atoms. The summed E-state index contributed by atoms with van der Waals surface area (Å²) in [5.41, 5.74) is 1.68. The van der Waals surface area contributed by atoms with Gasteiger partial charge in [0.2, 0.25) is 0 Å². The quantitative estimate of drug-likeness (QED) is 0.561. The number of hydrogen-bond donors (Lipinski definition) is 3. The number of hydrogen-bond acceptors (Lipinski definition) is 2. The molecule has 5 nitrogen and oxygen atoms in total. The van der Waals surface area contributed by atoms with Crippen molar-refractivity contribution in [2.45, 2.75) is 6.04 Å². The Kier molecular flexibility index (Phi) is 6.87. The predicted molar refractivity (Wildman–Crippen MR) is 111 cm³/mol. The summed E-state index contributed by atoms with van der Waals surface area (Å²) >= 11 is 0. The number of halogens is 2. The van der Waals surface area contributed by atoms with Crippen molar-refractivity contribution in [2.24, 2.45) is 0 Å². The van der Waals surface area contributed by atoms with Crippen LogP contribution in [0.2, 0.25) is 0 Å². The molecule has 0 aliphatic heterocycles. The number of carbonyl (C=O) groups excluding carboxylic acids is 2. The molecule has 0 radical (unpaired) electrons. The highest BCUT2D eigenvalue weighted by Crippen LogP contribution is 2.14. The minimum Gasteiger partial charge on any atom is -0.321 e. The van der Waals surface area contributed by atoms with Gasteiger partial charge in [0.05, 0.1) is 7.05 Å². The van der Waals surface area contributed by atoms with Crippen LogP contribution in [0.1, 0.15) is 11.6 Å². The third kappa shape index (κ3) is 5.71. The van der Waals surface area contributed by atoms with Crippen LogP contribution in [-0.2, 0) is 9.59 Å². The average Bonchev–Trinajstić information content (AvgIpc) is 2.72. The molecule has 2 atom stereocenters. The first kappa shape index (κ1) is 21.1. The van der Waals surface area contributed by atoms with Crippen LogP contribution in [0.5, 0.6) is 0 Å². The van der Waals surface area contributed by atoms with Crippen LogP contribution < -0.4 is 15.5 Å². The Morgan fingerprint density at radius 1 is 0.800 bits per heavy atom. The van der Waals surface area contributed by atoms with E-state index in [0.29, 0.717) is 16.3 Å². The van der Waals surface area contributed by atoms with Gasteiger partial charge in [0.15, 0.2) is 12.6 Å². The second kappa shape index (κ2) is 9.76.